The Balaban J connectivity index is 1.69. The highest BCUT2D eigenvalue weighted by atomic mass is 16.5. The zero-order valence-corrected chi connectivity index (χ0v) is 12.2. The molecule has 3 nitrogen and oxygen atoms in total. The Bertz CT molecular complexity index is 225. The number of hydrogen-bond donors (Lipinski definition) is 0. The molecule has 0 amide bonds. The Morgan fingerprint density at radius 3 is 2.50 bits per heavy atom. The molecule has 106 valence electrons. The SMILES string of the molecule is CCCN1CCO[C@@H](CN2CCC(CC)CC2)C1. The first-order valence-corrected chi connectivity index (χ1v) is 7.88. The molecule has 2 aliphatic rings. The van der Waals surface area contributed by atoms with Crippen LogP contribution in [0.1, 0.15) is 39.5 Å². The number of rotatable bonds is 5. The summed E-state index contributed by atoms with van der Waals surface area (Å²) >= 11 is 0. The average Bonchev–Trinajstić information content (AvgIpc) is 2.40. The van der Waals surface area contributed by atoms with E-state index in [2.05, 4.69) is 23.6 Å². The zero-order valence-electron chi connectivity index (χ0n) is 12.2. The minimum Gasteiger partial charge on any atom is -0.374 e. The van der Waals surface area contributed by atoms with Crippen molar-refractivity contribution in [3.63, 3.8) is 0 Å². The highest BCUT2D eigenvalue weighted by molar-refractivity contribution is 4.78. The summed E-state index contributed by atoms with van der Waals surface area (Å²) in [5.41, 5.74) is 0. The molecule has 0 aliphatic carbocycles. The van der Waals surface area contributed by atoms with Crippen LogP contribution in [0.2, 0.25) is 0 Å². The summed E-state index contributed by atoms with van der Waals surface area (Å²) < 4.78 is 5.93. The van der Waals surface area contributed by atoms with Gasteiger partial charge in [0.05, 0.1) is 12.7 Å². The van der Waals surface area contributed by atoms with Gasteiger partial charge in [0.2, 0.25) is 0 Å². The van der Waals surface area contributed by atoms with E-state index in [9.17, 15) is 0 Å². The van der Waals surface area contributed by atoms with Crippen molar-refractivity contribution in [2.75, 3.05) is 45.9 Å². The lowest BCUT2D eigenvalue weighted by Gasteiger charge is -2.38. The van der Waals surface area contributed by atoms with Crippen molar-refractivity contribution in [1.29, 1.82) is 0 Å². The highest BCUT2D eigenvalue weighted by Gasteiger charge is 2.24. The van der Waals surface area contributed by atoms with Crippen LogP contribution in [-0.4, -0.2) is 61.8 Å². The van der Waals surface area contributed by atoms with Gasteiger partial charge < -0.3 is 9.64 Å². The minimum atomic E-state index is 0.448. The van der Waals surface area contributed by atoms with E-state index >= 15 is 0 Å². The van der Waals surface area contributed by atoms with E-state index in [1.807, 2.05) is 0 Å². The second-order valence-corrected chi connectivity index (χ2v) is 5.95. The van der Waals surface area contributed by atoms with E-state index in [-0.39, 0.29) is 0 Å². The number of piperidine rings is 1. The fourth-order valence-electron chi connectivity index (χ4n) is 3.28. The Morgan fingerprint density at radius 1 is 1.06 bits per heavy atom. The fraction of sp³-hybridized carbons (Fsp3) is 1.00. The third-order valence-corrected chi connectivity index (χ3v) is 4.51. The smallest absolute Gasteiger partial charge is 0.0829 e. The van der Waals surface area contributed by atoms with Gasteiger partial charge in [-0.3, -0.25) is 4.90 Å². The first kappa shape index (κ1) is 14.3. The number of ether oxygens (including phenoxy) is 1. The van der Waals surface area contributed by atoms with Crippen molar-refractivity contribution in [2.24, 2.45) is 5.92 Å². The van der Waals surface area contributed by atoms with Crippen molar-refractivity contribution < 1.29 is 4.74 Å². The van der Waals surface area contributed by atoms with Gasteiger partial charge in [-0.2, -0.15) is 0 Å². The van der Waals surface area contributed by atoms with Gasteiger partial charge in [-0.1, -0.05) is 20.3 Å². The van der Waals surface area contributed by atoms with E-state index in [4.69, 9.17) is 4.74 Å². The quantitative estimate of drug-likeness (QED) is 0.748. The summed E-state index contributed by atoms with van der Waals surface area (Å²) in [4.78, 5) is 5.18. The predicted octanol–water partition coefficient (Wildman–Crippen LogP) is 2.22. The van der Waals surface area contributed by atoms with Gasteiger partial charge >= 0.3 is 0 Å². The molecule has 2 heterocycles. The standard InChI is InChI=1S/C15H30N2O/c1-3-7-16-10-11-18-15(12-16)13-17-8-5-14(4-2)6-9-17/h14-15H,3-13H2,1-2H3/t15-/m1/s1. The Labute approximate surface area is 112 Å². The summed E-state index contributed by atoms with van der Waals surface area (Å²) in [5, 5.41) is 0. The third-order valence-electron chi connectivity index (χ3n) is 4.51. The molecule has 2 saturated heterocycles. The Morgan fingerprint density at radius 2 is 1.83 bits per heavy atom. The second-order valence-electron chi connectivity index (χ2n) is 5.95. The molecule has 2 aliphatic heterocycles. The molecule has 0 aromatic heterocycles. The van der Waals surface area contributed by atoms with Crippen LogP contribution in [0.15, 0.2) is 0 Å². The maximum absolute atomic E-state index is 5.93. The van der Waals surface area contributed by atoms with E-state index in [0.717, 1.165) is 32.2 Å². The van der Waals surface area contributed by atoms with E-state index in [0.29, 0.717) is 6.10 Å². The summed E-state index contributed by atoms with van der Waals surface area (Å²) in [6.07, 6.45) is 5.85. The van der Waals surface area contributed by atoms with Gasteiger partial charge in [-0.15, -0.1) is 0 Å². The highest BCUT2D eigenvalue weighted by Crippen LogP contribution is 2.20. The lowest BCUT2D eigenvalue weighted by Crippen LogP contribution is -2.49. The predicted molar refractivity (Wildman–Crippen MR) is 75.9 cm³/mol. The molecule has 0 spiro atoms. The van der Waals surface area contributed by atoms with Crippen LogP contribution in [0.3, 0.4) is 0 Å². The summed E-state index contributed by atoms with van der Waals surface area (Å²) in [6.45, 7) is 12.7. The molecule has 0 saturated carbocycles. The van der Waals surface area contributed by atoms with E-state index in [1.165, 1.54) is 45.3 Å². The molecule has 0 unspecified atom stereocenters. The van der Waals surface area contributed by atoms with Crippen LogP contribution in [-0.2, 0) is 4.74 Å². The molecule has 0 aromatic rings. The minimum absolute atomic E-state index is 0.448. The second kappa shape index (κ2) is 7.46. The molecule has 3 heteroatoms. The van der Waals surface area contributed by atoms with Crippen molar-refractivity contribution in [2.45, 2.75) is 45.6 Å². The van der Waals surface area contributed by atoms with Crippen LogP contribution < -0.4 is 0 Å². The van der Waals surface area contributed by atoms with Crippen LogP contribution >= 0.6 is 0 Å². The van der Waals surface area contributed by atoms with Crippen molar-refractivity contribution in [3.05, 3.63) is 0 Å². The van der Waals surface area contributed by atoms with E-state index < -0.39 is 0 Å². The molecule has 0 aromatic carbocycles. The Kier molecular flexibility index (Phi) is 5.93. The first-order valence-electron chi connectivity index (χ1n) is 7.88. The lowest BCUT2D eigenvalue weighted by atomic mass is 9.94. The van der Waals surface area contributed by atoms with Crippen LogP contribution in [0.25, 0.3) is 0 Å². The number of likely N-dealkylation sites (tertiary alicyclic amines) is 1. The normalized spacial score (nSPS) is 28.7. The molecule has 0 N–H and O–H groups in total. The zero-order chi connectivity index (χ0) is 12.8. The molecule has 2 fully saturated rings. The average molecular weight is 254 g/mol. The van der Waals surface area contributed by atoms with Gasteiger partial charge in [0.1, 0.15) is 0 Å². The van der Waals surface area contributed by atoms with E-state index in [1.54, 1.807) is 0 Å². The number of hydrogen-bond acceptors (Lipinski definition) is 3. The summed E-state index contributed by atoms with van der Waals surface area (Å²) in [6, 6.07) is 0. The van der Waals surface area contributed by atoms with Gasteiger partial charge in [0.25, 0.3) is 0 Å². The molecule has 18 heavy (non-hydrogen) atoms. The van der Waals surface area contributed by atoms with Gasteiger partial charge in [0, 0.05) is 19.6 Å². The van der Waals surface area contributed by atoms with Crippen LogP contribution in [0, 0.1) is 5.92 Å². The van der Waals surface area contributed by atoms with Crippen molar-refractivity contribution in [1.82, 2.24) is 9.80 Å². The largest absolute Gasteiger partial charge is 0.374 e. The van der Waals surface area contributed by atoms with Gasteiger partial charge in [-0.25, -0.2) is 0 Å². The van der Waals surface area contributed by atoms with Crippen LogP contribution in [0.4, 0.5) is 0 Å². The molecule has 1 atom stereocenters. The molecule has 2 rings (SSSR count). The topological polar surface area (TPSA) is 15.7 Å². The maximum atomic E-state index is 5.93. The van der Waals surface area contributed by atoms with Gasteiger partial charge in [-0.05, 0) is 44.8 Å². The van der Waals surface area contributed by atoms with Crippen molar-refractivity contribution in [3.8, 4) is 0 Å². The monoisotopic (exact) mass is 254 g/mol. The molecule has 0 bridgehead atoms. The fourth-order valence-corrected chi connectivity index (χ4v) is 3.28. The number of morpholine rings is 1. The summed E-state index contributed by atoms with van der Waals surface area (Å²) in [5.74, 6) is 0.977. The molecule has 0 radical (unpaired) electrons. The van der Waals surface area contributed by atoms with Crippen LogP contribution in [0.5, 0.6) is 0 Å². The first-order chi connectivity index (χ1) is 8.81. The third kappa shape index (κ3) is 4.22. The summed E-state index contributed by atoms with van der Waals surface area (Å²) in [7, 11) is 0. The Hall–Kier alpha value is -0.120. The lowest BCUT2D eigenvalue weighted by molar-refractivity contribution is -0.0466. The van der Waals surface area contributed by atoms with Gasteiger partial charge in [0.15, 0.2) is 0 Å². The van der Waals surface area contributed by atoms with Crippen molar-refractivity contribution >= 4 is 0 Å². The molecular formula is C15H30N2O. The number of nitrogens with zero attached hydrogens (tertiary/aromatic N) is 2. The molecular weight excluding hydrogens is 224 g/mol. The maximum Gasteiger partial charge on any atom is 0.0829 e.